The molecule has 3 rings (SSSR count). The number of carbonyl (C=O) groups excluding carboxylic acids is 1. The summed E-state index contributed by atoms with van der Waals surface area (Å²) >= 11 is 0. The van der Waals surface area contributed by atoms with E-state index in [1.807, 2.05) is 12.1 Å². The number of anilines is 3. The molecule has 0 saturated heterocycles. The van der Waals surface area contributed by atoms with Crippen LogP contribution in [0.5, 0.6) is 0 Å². The summed E-state index contributed by atoms with van der Waals surface area (Å²) in [5.41, 5.74) is 3.01. The van der Waals surface area contributed by atoms with Gasteiger partial charge in [-0.1, -0.05) is 20.8 Å². The molecule has 0 fully saturated rings. The van der Waals surface area contributed by atoms with Gasteiger partial charge in [-0.3, -0.25) is 10.2 Å². The maximum absolute atomic E-state index is 13.4. The quantitative estimate of drug-likeness (QED) is 0.288. The van der Waals surface area contributed by atoms with Gasteiger partial charge < -0.3 is 19.2 Å². The Morgan fingerprint density at radius 2 is 2.00 bits per heavy atom. The summed E-state index contributed by atoms with van der Waals surface area (Å²) in [4.78, 5) is 24.0. The first kappa shape index (κ1) is 30.4. The van der Waals surface area contributed by atoms with Gasteiger partial charge in [0, 0.05) is 45.1 Å². The van der Waals surface area contributed by atoms with Crippen molar-refractivity contribution in [2.24, 2.45) is 0 Å². The lowest BCUT2D eigenvalue weighted by atomic mass is 10.0. The smallest absolute Gasteiger partial charge is 0.328 e. The van der Waals surface area contributed by atoms with Crippen LogP contribution in [0.4, 0.5) is 26.5 Å². The molecule has 0 bridgehead atoms. The maximum Gasteiger partial charge on any atom is 0.328 e. The van der Waals surface area contributed by atoms with Gasteiger partial charge in [-0.15, -0.1) is 0 Å². The van der Waals surface area contributed by atoms with Gasteiger partial charge in [0.2, 0.25) is 6.29 Å². The van der Waals surface area contributed by atoms with Crippen LogP contribution < -0.4 is 15.5 Å². The van der Waals surface area contributed by atoms with E-state index in [9.17, 15) is 14.4 Å². The number of alkyl halides is 1. The van der Waals surface area contributed by atoms with Crippen LogP contribution in [0.1, 0.15) is 55.9 Å². The van der Waals surface area contributed by atoms with Gasteiger partial charge in [0.1, 0.15) is 30.1 Å². The first-order valence-electron chi connectivity index (χ1n) is 13.0. The van der Waals surface area contributed by atoms with Crippen molar-refractivity contribution in [3.05, 3.63) is 40.7 Å². The number of nitrogens with one attached hydrogen (secondary N) is 2. The van der Waals surface area contributed by atoms with Gasteiger partial charge in [-0.2, -0.15) is 5.26 Å². The number of ether oxygens (including phenoxy) is 2. The highest BCUT2D eigenvalue weighted by molar-refractivity contribution is 6.74. The second-order valence-electron chi connectivity index (χ2n) is 10.9. The monoisotopic (exact) mass is 558 g/mol. The van der Waals surface area contributed by atoms with Gasteiger partial charge in [0.05, 0.1) is 17.9 Å². The molecule has 2 amide bonds. The molecule has 0 aliphatic carbocycles. The molecule has 10 nitrogen and oxygen atoms in total. The van der Waals surface area contributed by atoms with E-state index in [1.54, 1.807) is 19.1 Å². The van der Waals surface area contributed by atoms with Crippen molar-refractivity contribution in [2.75, 3.05) is 49.5 Å². The number of methoxy groups -OCH3 is 2. The number of hydrogen-bond acceptors (Lipinski definition) is 8. The highest BCUT2D eigenvalue weighted by Crippen LogP contribution is 2.38. The number of hydrogen-bond donors (Lipinski definition) is 2. The molecule has 0 unspecified atom stereocenters. The fraction of sp³-hybridized carbons (Fsp3) is 0.556. The van der Waals surface area contributed by atoms with Crippen molar-refractivity contribution < 1.29 is 23.1 Å². The summed E-state index contributed by atoms with van der Waals surface area (Å²) in [6.07, 6.45) is 2.12. The minimum absolute atomic E-state index is 0.0416. The zero-order valence-electron chi connectivity index (χ0n) is 23.9. The molecule has 39 heavy (non-hydrogen) atoms. The topological polar surface area (TPSA) is 122 Å². The minimum atomic E-state index is -2.03. The second-order valence-corrected chi connectivity index (χ2v) is 15.7. The molecule has 1 aliphatic heterocycles. The third-order valence-corrected chi connectivity index (χ3v) is 11.7. The van der Waals surface area contributed by atoms with Crippen molar-refractivity contribution in [2.45, 2.75) is 64.6 Å². The van der Waals surface area contributed by atoms with E-state index in [1.165, 1.54) is 12.3 Å². The predicted octanol–water partition coefficient (Wildman–Crippen LogP) is 5.53. The first-order valence-corrected chi connectivity index (χ1v) is 15.9. The van der Waals surface area contributed by atoms with Crippen LogP contribution in [-0.4, -0.2) is 58.3 Å². The molecule has 1 aliphatic rings. The van der Waals surface area contributed by atoms with E-state index < -0.39 is 27.3 Å². The molecular weight excluding hydrogens is 519 g/mol. The van der Waals surface area contributed by atoms with Crippen molar-refractivity contribution in [3.8, 4) is 6.07 Å². The highest BCUT2D eigenvalue weighted by atomic mass is 28.4. The van der Waals surface area contributed by atoms with Crippen LogP contribution in [0.2, 0.25) is 18.1 Å². The Bertz CT molecular complexity index is 1210. The highest BCUT2D eigenvalue weighted by Gasteiger charge is 2.38. The summed E-state index contributed by atoms with van der Waals surface area (Å²) in [6.45, 7) is 11.2. The SMILES string of the molecule is COC(OC)c1nc2c(cc1CO[Si](C)(C)C(C)(C)C)CCCN2C(=O)Nc1cc(NCCF)c(C#N)cn1. The largest absolute Gasteiger partial charge is 0.412 e. The molecule has 0 saturated carbocycles. The Hall–Kier alpha value is -3.11. The maximum atomic E-state index is 13.4. The van der Waals surface area contributed by atoms with E-state index >= 15 is 0 Å². The van der Waals surface area contributed by atoms with E-state index in [4.69, 9.17) is 18.9 Å². The van der Waals surface area contributed by atoms with E-state index in [0.29, 0.717) is 30.4 Å². The number of urea groups is 1. The summed E-state index contributed by atoms with van der Waals surface area (Å²) in [5.74, 6) is 0.757. The third kappa shape index (κ3) is 7.10. The molecule has 2 aromatic heterocycles. The molecule has 0 aromatic carbocycles. The van der Waals surface area contributed by atoms with Crippen molar-refractivity contribution in [3.63, 3.8) is 0 Å². The van der Waals surface area contributed by atoms with Gasteiger partial charge in [-0.05, 0) is 42.6 Å². The lowest BCUT2D eigenvalue weighted by molar-refractivity contribution is -0.109. The van der Waals surface area contributed by atoms with Crippen LogP contribution in [0.15, 0.2) is 18.3 Å². The van der Waals surface area contributed by atoms with Gasteiger partial charge in [0.15, 0.2) is 8.32 Å². The molecule has 12 heteroatoms. The Morgan fingerprint density at radius 3 is 2.62 bits per heavy atom. The number of halogens is 1. The van der Waals surface area contributed by atoms with Crippen LogP contribution in [0.3, 0.4) is 0 Å². The number of pyridine rings is 2. The number of amides is 2. The van der Waals surface area contributed by atoms with Crippen LogP contribution in [-0.2, 0) is 26.9 Å². The Balaban J connectivity index is 1.93. The molecule has 212 valence electrons. The first-order chi connectivity index (χ1) is 18.4. The molecule has 2 aromatic rings. The van der Waals surface area contributed by atoms with Gasteiger partial charge in [-0.25, -0.2) is 19.2 Å². The number of fused-ring (bicyclic) bond motifs is 1. The zero-order valence-corrected chi connectivity index (χ0v) is 24.9. The van der Waals surface area contributed by atoms with Crippen LogP contribution >= 0.6 is 0 Å². The molecular formula is C27H39FN6O4Si. The summed E-state index contributed by atoms with van der Waals surface area (Å²) in [7, 11) is 1.06. The van der Waals surface area contributed by atoms with E-state index in [-0.39, 0.29) is 23.0 Å². The fourth-order valence-electron chi connectivity index (χ4n) is 3.99. The number of rotatable bonds is 10. The second kappa shape index (κ2) is 12.8. The Labute approximate surface area is 231 Å². The predicted molar refractivity (Wildman–Crippen MR) is 151 cm³/mol. The number of aryl methyl sites for hydroxylation is 1. The van der Waals surface area contributed by atoms with E-state index in [0.717, 1.165) is 24.0 Å². The lowest BCUT2D eigenvalue weighted by Gasteiger charge is -2.36. The summed E-state index contributed by atoms with van der Waals surface area (Å²) < 4.78 is 30.3. The minimum Gasteiger partial charge on any atom is -0.412 e. The van der Waals surface area contributed by atoms with Crippen LogP contribution in [0.25, 0.3) is 0 Å². The zero-order chi connectivity index (χ0) is 28.8. The summed E-state index contributed by atoms with van der Waals surface area (Å²) in [5, 5.41) is 15.0. The number of nitriles is 1. The average Bonchev–Trinajstić information content (AvgIpc) is 2.90. The lowest BCUT2D eigenvalue weighted by Crippen LogP contribution is -2.41. The summed E-state index contributed by atoms with van der Waals surface area (Å²) in [6, 6.07) is 5.15. The molecule has 0 atom stereocenters. The third-order valence-electron chi connectivity index (χ3n) is 7.24. The Kier molecular flexibility index (Phi) is 10.0. The molecule has 3 heterocycles. The Morgan fingerprint density at radius 1 is 1.28 bits per heavy atom. The molecule has 0 spiro atoms. The number of nitrogens with zero attached hydrogens (tertiary/aromatic N) is 4. The fourth-order valence-corrected chi connectivity index (χ4v) is 4.94. The van der Waals surface area contributed by atoms with Crippen molar-refractivity contribution >= 4 is 31.7 Å². The van der Waals surface area contributed by atoms with Crippen molar-refractivity contribution in [1.82, 2.24) is 9.97 Å². The number of carbonyl (C=O) groups is 1. The van der Waals surface area contributed by atoms with Crippen LogP contribution in [0, 0.1) is 11.3 Å². The van der Waals surface area contributed by atoms with Gasteiger partial charge >= 0.3 is 6.03 Å². The average molecular weight is 559 g/mol. The normalized spacial score (nSPS) is 13.7. The number of aromatic nitrogens is 2. The molecule has 2 N–H and O–H groups in total. The molecule has 0 radical (unpaired) electrons. The van der Waals surface area contributed by atoms with Gasteiger partial charge in [0.25, 0.3) is 0 Å². The standard InChI is InChI=1S/C27H39FN6O4Si/c1-27(2,3)39(6,7)38-17-19-13-18-9-8-12-34(24(18)33-23(19)25(36-4)37-5)26(35)32-22-14-21(30-11-10-28)20(15-29)16-31-22/h13-14,16,25H,8-12,17H2,1-7H3,(H2,30,31,32,35). The van der Waals surface area contributed by atoms with E-state index in [2.05, 4.69) is 49.5 Å². The van der Waals surface area contributed by atoms with Crippen molar-refractivity contribution in [1.29, 1.82) is 5.26 Å².